The Hall–Kier alpha value is -6.12. The van der Waals surface area contributed by atoms with Crippen LogP contribution >= 0.6 is 15.9 Å². The van der Waals surface area contributed by atoms with Gasteiger partial charge in [0.15, 0.2) is 22.9 Å². The van der Waals surface area contributed by atoms with Gasteiger partial charge in [-0.2, -0.15) is 20.4 Å². The van der Waals surface area contributed by atoms with Crippen molar-refractivity contribution in [3.8, 4) is 0 Å². The molecule has 3 aliphatic rings. The third-order valence-corrected chi connectivity index (χ3v) is 12.5. The van der Waals surface area contributed by atoms with Gasteiger partial charge in [0.2, 0.25) is 0 Å². The normalized spacial score (nSPS) is 22.5. The largest absolute Gasteiger partial charge is 0.444 e. The zero-order valence-corrected chi connectivity index (χ0v) is 41.7. The summed E-state index contributed by atoms with van der Waals surface area (Å²) in [5.74, 6) is 1.26. The first-order chi connectivity index (χ1) is 31.8. The van der Waals surface area contributed by atoms with Crippen molar-refractivity contribution in [3.63, 3.8) is 0 Å². The van der Waals surface area contributed by atoms with E-state index in [2.05, 4.69) is 95.7 Å². The van der Waals surface area contributed by atoms with Crippen molar-refractivity contribution in [1.29, 1.82) is 0 Å². The molecule has 1 aliphatic carbocycles. The Balaban J connectivity index is 0.000000184. The van der Waals surface area contributed by atoms with E-state index in [0.717, 1.165) is 55.6 Å². The summed E-state index contributed by atoms with van der Waals surface area (Å²) in [5, 5.41) is 24.4. The lowest BCUT2D eigenvalue weighted by molar-refractivity contribution is -0.00805. The van der Waals surface area contributed by atoms with E-state index in [1.54, 1.807) is 27.8 Å². The number of allylic oxidation sites excluding steroid dienone is 2. The lowest BCUT2D eigenvalue weighted by atomic mass is 9.93. The van der Waals surface area contributed by atoms with Crippen molar-refractivity contribution in [2.24, 2.45) is 0 Å². The first kappa shape index (κ1) is 47.4. The number of fused-ring (bicyclic) bond motifs is 2. The minimum Gasteiger partial charge on any atom is -0.444 e. The van der Waals surface area contributed by atoms with Crippen LogP contribution in [0.5, 0.6) is 0 Å². The number of piperidine rings is 2. The van der Waals surface area contributed by atoms with E-state index >= 15 is 0 Å². The monoisotopic (exact) mass is 982 g/mol. The fraction of sp³-hybridized carbons (Fsp3) is 0.565. The minimum atomic E-state index is -0.509. The van der Waals surface area contributed by atoms with Gasteiger partial charge in [0.25, 0.3) is 0 Å². The van der Waals surface area contributed by atoms with Crippen LogP contribution in [0.1, 0.15) is 138 Å². The number of rotatable bonds is 7. The van der Waals surface area contributed by atoms with Crippen LogP contribution in [0, 0.1) is 0 Å². The summed E-state index contributed by atoms with van der Waals surface area (Å²) in [6.45, 7) is 19.6. The predicted octanol–water partition coefficient (Wildman–Crippen LogP) is 9.55. The van der Waals surface area contributed by atoms with Crippen molar-refractivity contribution in [2.45, 2.75) is 168 Å². The number of hydrogen-bond acceptors (Lipinski definition) is 14. The van der Waals surface area contributed by atoms with Gasteiger partial charge in [0, 0.05) is 36.6 Å². The highest BCUT2D eigenvalue weighted by atomic mass is 79.9. The molecule has 2 aliphatic heterocycles. The molecule has 0 saturated carbocycles. The summed E-state index contributed by atoms with van der Waals surface area (Å²) in [6.07, 6.45) is 23.8. The van der Waals surface area contributed by atoms with Gasteiger partial charge >= 0.3 is 12.2 Å². The zero-order valence-electron chi connectivity index (χ0n) is 40.1. The highest BCUT2D eigenvalue weighted by Crippen LogP contribution is 2.35. The number of anilines is 4. The molecule has 3 unspecified atom stereocenters. The number of hydrogen-bond donors (Lipinski definition) is 2. The number of nitrogens with zero attached hydrogens (tertiary/aromatic N) is 14. The molecule has 67 heavy (non-hydrogen) atoms. The maximum atomic E-state index is 12.8. The Morgan fingerprint density at radius 2 is 1.10 bits per heavy atom. The number of carbonyl (C=O) groups is 2. The Morgan fingerprint density at radius 1 is 0.642 bits per heavy atom. The highest BCUT2D eigenvalue weighted by Gasteiger charge is 2.39. The molecule has 2 fully saturated rings. The van der Waals surface area contributed by atoms with E-state index in [1.165, 1.54) is 24.7 Å². The van der Waals surface area contributed by atoms with Crippen LogP contribution < -0.4 is 10.6 Å². The number of halogens is 1. The summed E-state index contributed by atoms with van der Waals surface area (Å²) in [6, 6.07) is 0.559. The van der Waals surface area contributed by atoms with E-state index in [9.17, 15) is 9.59 Å². The SMILES string of the molecule is CC1CC(n2cc(Nc3nc(Br)cn4ncnc34)cn2)CC(C)N1C(=O)OC(C)(C)C.C[C@@H]1CC(n2cc(Nc3nc(C4=CCCCC4)cn4ncnc34)cn2)C[C@H](C)N1C(=O)OC(C)(C)C. The van der Waals surface area contributed by atoms with Crippen molar-refractivity contribution in [2.75, 3.05) is 10.6 Å². The number of ether oxygens (including phenoxy) is 2. The number of likely N-dealkylation sites (tertiary alicyclic amines) is 2. The molecule has 2 amide bonds. The molecule has 8 heterocycles. The molecule has 9 rings (SSSR count). The number of carbonyl (C=O) groups excluding carboxylic acids is 2. The number of amides is 2. The second-order valence-electron chi connectivity index (χ2n) is 20.0. The summed E-state index contributed by atoms with van der Waals surface area (Å²) < 4.78 is 19.3. The summed E-state index contributed by atoms with van der Waals surface area (Å²) in [7, 11) is 0. The average molecular weight is 984 g/mol. The third-order valence-electron chi connectivity index (χ3n) is 12.2. The Kier molecular flexibility index (Phi) is 13.6. The first-order valence-corrected chi connectivity index (χ1v) is 24.0. The lowest BCUT2D eigenvalue weighted by Gasteiger charge is -2.42. The maximum Gasteiger partial charge on any atom is 0.410 e. The van der Waals surface area contributed by atoms with Crippen LogP contribution in [0.3, 0.4) is 0 Å². The molecule has 6 aromatic heterocycles. The number of aromatic nitrogens is 12. The average Bonchev–Trinajstić information content (AvgIpc) is 4.08. The van der Waals surface area contributed by atoms with Crippen molar-refractivity contribution < 1.29 is 19.1 Å². The molecule has 0 radical (unpaired) electrons. The molecular weight excluding hydrogens is 921 g/mol. The van der Waals surface area contributed by atoms with Gasteiger partial charge in [-0.05, 0) is 142 Å². The third kappa shape index (κ3) is 11.2. The Labute approximate surface area is 399 Å². The van der Waals surface area contributed by atoms with Crippen LogP contribution in [0.15, 0.2) is 60.5 Å². The zero-order chi connectivity index (χ0) is 47.8. The van der Waals surface area contributed by atoms with Gasteiger partial charge < -0.3 is 29.9 Å². The molecule has 2 saturated heterocycles. The molecule has 0 spiro atoms. The van der Waals surface area contributed by atoms with E-state index in [-0.39, 0.29) is 48.4 Å². The smallest absolute Gasteiger partial charge is 0.410 e. The van der Waals surface area contributed by atoms with Gasteiger partial charge in [-0.15, -0.1) is 0 Å². The number of nitrogens with one attached hydrogen (secondary N) is 2. The van der Waals surface area contributed by atoms with Gasteiger partial charge in [0.05, 0.1) is 53.9 Å². The predicted molar refractivity (Wildman–Crippen MR) is 257 cm³/mol. The van der Waals surface area contributed by atoms with Crippen LogP contribution in [-0.4, -0.2) is 116 Å². The fourth-order valence-corrected chi connectivity index (χ4v) is 9.74. The van der Waals surface area contributed by atoms with Gasteiger partial charge in [-0.1, -0.05) is 6.08 Å². The van der Waals surface area contributed by atoms with Crippen LogP contribution in [0.4, 0.5) is 32.6 Å². The molecule has 0 bridgehead atoms. The highest BCUT2D eigenvalue weighted by molar-refractivity contribution is 9.10. The van der Waals surface area contributed by atoms with E-state index in [0.29, 0.717) is 27.5 Å². The summed E-state index contributed by atoms with van der Waals surface area (Å²) >= 11 is 3.39. The van der Waals surface area contributed by atoms with E-state index in [1.807, 2.05) is 85.5 Å². The van der Waals surface area contributed by atoms with Gasteiger partial charge in [0.1, 0.15) is 28.5 Å². The fourth-order valence-electron chi connectivity index (χ4n) is 9.37. The first-order valence-electron chi connectivity index (χ1n) is 23.2. The maximum absolute atomic E-state index is 12.8. The van der Waals surface area contributed by atoms with Crippen molar-refractivity contribution in [3.05, 3.63) is 66.2 Å². The summed E-state index contributed by atoms with van der Waals surface area (Å²) in [4.78, 5) is 47.1. The molecule has 0 aromatic carbocycles. The van der Waals surface area contributed by atoms with Crippen LogP contribution in [0.2, 0.25) is 0 Å². The van der Waals surface area contributed by atoms with Crippen molar-refractivity contribution in [1.82, 2.24) is 68.5 Å². The second-order valence-corrected chi connectivity index (χ2v) is 20.8. The van der Waals surface area contributed by atoms with Crippen LogP contribution in [0.25, 0.3) is 16.9 Å². The van der Waals surface area contributed by atoms with E-state index < -0.39 is 11.2 Å². The molecule has 2 N–H and O–H groups in total. The lowest BCUT2D eigenvalue weighted by Crippen LogP contribution is -2.51. The molecule has 20 nitrogen and oxygen atoms in total. The summed E-state index contributed by atoms with van der Waals surface area (Å²) in [5.41, 5.74) is 4.13. The minimum absolute atomic E-state index is 0.0478. The van der Waals surface area contributed by atoms with Gasteiger partial charge in [-0.3, -0.25) is 9.36 Å². The Bertz CT molecular complexity index is 2700. The second kappa shape index (κ2) is 19.2. The standard InChI is InChI=1S/C26H36N8O2.C20H27BrN8O2/c1-17-11-21(12-18(2)34(17)25(35)36-26(3,4)5)32-14-20(13-28-32)30-23-24-27-16-29-33(24)15-22(31-23)19-9-7-6-8-10-19;1-12-6-15(7-13(2)29(12)19(30)31-20(3,4)5)27-9-14(8-23-27)25-17-18-22-11-24-28(18)10-16(21)26-17/h9,13-18,21H,6-8,10-12H2,1-5H3,(H,30,31);8-13,15H,6-7H2,1-5H3,(H,25,26)/t17-,18+,21?;. The molecular formula is C46H63BrN16O4. The Morgan fingerprint density at radius 3 is 1.55 bits per heavy atom. The van der Waals surface area contributed by atoms with E-state index in [4.69, 9.17) is 14.5 Å². The topological polar surface area (TPSA) is 205 Å². The molecule has 6 aromatic rings. The quantitative estimate of drug-likeness (QED) is 0.153. The molecule has 358 valence electrons. The molecule has 21 heteroatoms. The molecule has 5 atom stereocenters. The van der Waals surface area contributed by atoms with Crippen LogP contribution in [-0.2, 0) is 9.47 Å². The van der Waals surface area contributed by atoms with Gasteiger partial charge in [-0.25, -0.2) is 38.6 Å². The van der Waals surface area contributed by atoms with Crippen molar-refractivity contribution >= 4 is 68.0 Å².